The van der Waals surface area contributed by atoms with Crippen molar-refractivity contribution in [3.05, 3.63) is 17.5 Å². The molecular formula is C10H12F2N2O3. The lowest BCUT2D eigenvalue weighted by Gasteiger charge is -2.11. The topological polar surface area (TPSA) is 74.4 Å². The van der Waals surface area contributed by atoms with Crippen LogP contribution in [0.2, 0.25) is 0 Å². The number of alkyl halides is 2. The molecular weight excluding hydrogens is 234 g/mol. The number of ether oxygens (including phenoxy) is 2. The normalized spacial score (nSPS) is 10.4. The number of aromatic nitrogens is 1. The SMILES string of the molecule is COC(=O)Cc1nc(C(F)F)c(OC)cc1N. The van der Waals surface area contributed by atoms with Gasteiger partial charge < -0.3 is 15.2 Å². The Kier molecular flexibility index (Phi) is 4.19. The molecule has 1 rings (SSSR count). The van der Waals surface area contributed by atoms with Crippen LogP contribution in [0, 0.1) is 0 Å². The van der Waals surface area contributed by atoms with Gasteiger partial charge in [0.25, 0.3) is 6.43 Å². The zero-order chi connectivity index (χ0) is 13.0. The van der Waals surface area contributed by atoms with E-state index in [1.54, 1.807) is 0 Å². The van der Waals surface area contributed by atoms with E-state index in [-0.39, 0.29) is 23.6 Å². The fourth-order valence-electron chi connectivity index (χ4n) is 1.23. The first-order valence-corrected chi connectivity index (χ1v) is 4.67. The van der Waals surface area contributed by atoms with E-state index in [0.29, 0.717) is 0 Å². The van der Waals surface area contributed by atoms with Crippen molar-refractivity contribution >= 4 is 11.7 Å². The van der Waals surface area contributed by atoms with E-state index in [9.17, 15) is 13.6 Å². The second kappa shape index (κ2) is 5.42. The van der Waals surface area contributed by atoms with E-state index in [4.69, 9.17) is 10.5 Å². The number of carbonyl (C=O) groups excluding carboxylic acids is 1. The van der Waals surface area contributed by atoms with Gasteiger partial charge in [-0.3, -0.25) is 4.79 Å². The molecule has 1 heterocycles. The van der Waals surface area contributed by atoms with Crippen molar-refractivity contribution in [2.24, 2.45) is 0 Å². The van der Waals surface area contributed by atoms with Crippen molar-refractivity contribution in [3.8, 4) is 5.75 Å². The van der Waals surface area contributed by atoms with E-state index in [1.165, 1.54) is 20.3 Å². The molecule has 0 bridgehead atoms. The van der Waals surface area contributed by atoms with E-state index in [2.05, 4.69) is 9.72 Å². The molecule has 5 nitrogen and oxygen atoms in total. The third kappa shape index (κ3) is 3.02. The Labute approximate surface area is 96.5 Å². The molecule has 0 fully saturated rings. The minimum Gasteiger partial charge on any atom is -0.495 e. The second-order valence-corrected chi connectivity index (χ2v) is 3.17. The molecule has 0 aliphatic heterocycles. The van der Waals surface area contributed by atoms with Gasteiger partial charge in [-0.1, -0.05) is 0 Å². The molecule has 0 aliphatic rings. The Hall–Kier alpha value is -1.92. The number of nitrogen functional groups attached to an aromatic ring is 1. The van der Waals surface area contributed by atoms with Crippen LogP contribution in [0.25, 0.3) is 0 Å². The summed E-state index contributed by atoms with van der Waals surface area (Å²) in [5, 5.41) is 0. The number of pyridine rings is 1. The van der Waals surface area contributed by atoms with Crippen LogP contribution < -0.4 is 10.5 Å². The van der Waals surface area contributed by atoms with Crippen molar-refractivity contribution in [2.75, 3.05) is 20.0 Å². The maximum atomic E-state index is 12.6. The van der Waals surface area contributed by atoms with Crippen LogP contribution in [0.1, 0.15) is 17.8 Å². The van der Waals surface area contributed by atoms with Crippen LogP contribution in [0.5, 0.6) is 5.75 Å². The minimum absolute atomic E-state index is 0.0490. The van der Waals surface area contributed by atoms with Crippen LogP contribution in [0.3, 0.4) is 0 Å². The summed E-state index contributed by atoms with van der Waals surface area (Å²) in [6.45, 7) is 0. The van der Waals surface area contributed by atoms with E-state index in [1.807, 2.05) is 0 Å². The molecule has 0 aromatic carbocycles. The second-order valence-electron chi connectivity index (χ2n) is 3.17. The third-order valence-electron chi connectivity index (χ3n) is 2.09. The predicted molar refractivity (Wildman–Crippen MR) is 55.9 cm³/mol. The van der Waals surface area contributed by atoms with Gasteiger partial charge in [-0.25, -0.2) is 13.8 Å². The first kappa shape index (κ1) is 13.1. The van der Waals surface area contributed by atoms with Gasteiger partial charge in [0.1, 0.15) is 11.4 Å². The first-order chi connectivity index (χ1) is 7.99. The molecule has 1 aromatic rings. The molecule has 0 radical (unpaired) electrons. The lowest BCUT2D eigenvalue weighted by Crippen LogP contribution is -2.11. The maximum Gasteiger partial charge on any atom is 0.311 e. The molecule has 0 spiro atoms. The van der Waals surface area contributed by atoms with Crippen LogP contribution in [0.4, 0.5) is 14.5 Å². The van der Waals surface area contributed by atoms with Gasteiger partial charge >= 0.3 is 5.97 Å². The van der Waals surface area contributed by atoms with Crippen LogP contribution in [-0.4, -0.2) is 25.2 Å². The average Bonchev–Trinajstić information content (AvgIpc) is 2.30. The van der Waals surface area contributed by atoms with Crippen molar-refractivity contribution in [1.82, 2.24) is 4.98 Å². The molecule has 0 atom stereocenters. The summed E-state index contributed by atoms with van der Waals surface area (Å²) in [7, 11) is 2.43. The van der Waals surface area contributed by atoms with E-state index < -0.39 is 18.1 Å². The summed E-state index contributed by atoms with van der Waals surface area (Å²) in [5.41, 5.74) is 5.19. The van der Waals surface area contributed by atoms with Crippen molar-refractivity contribution in [2.45, 2.75) is 12.8 Å². The molecule has 2 N–H and O–H groups in total. The minimum atomic E-state index is -2.80. The number of halogens is 2. The van der Waals surface area contributed by atoms with Crippen LogP contribution >= 0.6 is 0 Å². The Bertz CT molecular complexity index is 424. The molecule has 0 amide bonds. The fourth-order valence-corrected chi connectivity index (χ4v) is 1.23. The van der Waals surface area contributed by atoms with Crippen molar-refractivity contribution in [3.63, 3.8) is 0 Å². The highest BCUT2D eigenvalue weighted by molar-refractivity contribution is 5.74. The lowest BCUT2D eigenvalue weighted by atomic mass is 10.2. The van der Waals surface area contributed by atoms with Crippen molar-refractivity contribution < 1.29 is 23.0 Å². The number of nitrogens with zero attached hydrogens (tertiary/aromatic N) is 1. The Balaban J connectivity index is 3.15. The van der Waals surface area contributed by atoms with Gasteiger partial charge in [0.15, 0.2) is 0 Å². The Morgan fingerprint density at radius 2 is 2.18 bits per heavy atom. The molecule has 0 aliphatic carbocycles. The average molecular weight is 246 g/mol. The maximum absolute atomic E-state index is 12.6. The summed E-state index contributed by atoms with van der Waals surface area (Å²) >= 11 is 0. The van der Waals surface area contributed by atoms with Crippen LogP contribution in [0.15, 0.2) is 6.07 Å². The molecule has 1 aromatic heterocycles. The highest BCUT2D eigenvalue weighted by Crippen LogP contribution is 2.30. The third-order valence-corrected chi connectivity index (χ3v) is 2.09. The first-order valence-electron chi connectivity index (χ1n) is 4.67. The molecule has 0 saturated carbocycles. The molecule has 0 unspecified atom stereocenters. The summed E-state index contributed by atoms with van der Waals surface area (Å²) in [6, 6.07) is 1.22. The van der Waals surface area contributed by atoms with E-state index >= 15 is 0 Å². The van der Waals surface area contributed by atoms with Gasteiger partial charge in [0.05, 0.1) is 32.0 Å². The van der Waals surface area contributed by atoms with Gasteiger partial charge in [-0.15, -0.1) is 0 Å². The molecule has 0 saturated heterocycles. The van der Waals surface area contributed by atoms with Gasteiger partial charge in [-0.05, 0) is 0 Å². The summed E-state index contributed by atoms with van der Waals surface area (Å²) in [6.07, 6.45) is -3.06. The fraction of sp³-hybridized carbons (Fsp3) is 0.400. The smallest absolute Gasteiger partial charge is 0.311 e. The number of hydrogen-bond acceptors (Lipinski definition) is 5. The Morgan fingerprint density at radius 3 is 2.65 bits per heavy atom. The number of methoxy groups -OCH3 is 2. The lowest BCUT2D eigenvalue weighted by molar-refractivity contribution is -0.139. The number of nitrogens with two attached hydrogens (primary N) is 1. The largest absolute Gasteiger partial charge is 0.495 e. The highest BCUT2D eigenvalue weighted by atomic mass is 19.3. The Morgan fingerprint density at radius 1 is 1.53 bits per heavy atom. The summed E-state index contributed by atoms with van der Waals surface area (Å²) in [5.74, 6) is -0.708. The van der Waals surface area contributed by atoms with Gasteiger partial charge in [0.2, 0.25) is 0 Å². The standard InChI is InChI=1S/C10H12F2N2O3/c1-16-7-3-5(13)6(4-8(15)17-2)14-9(7)10(11)12/h3,10H,4,13H2,1-2H3. The zero-order valence-corrected chi connectivity index (χ0v) is 9.37. The molecule has 94 valence electrons. The van der Waals surface area contributed by atoms with Gasteiger partial charge in [-0.2, -0.15) is 0 Å². The zero-order valence-electron chi connectivity index (χ0n) is 9.37. The summed E-state index contributed by atoms with van der Waals surface area (Å²) in [4.78, 5) is 14.7. The number of anilines is 1. The molecule has 7 heteroatoms. The number of hydrogen-bond donors (Lipinski definition) is 1. The number of carbonyl (C=O) groups is 1. The number of esters is 1. The summed E-state index contributed by atoms with van der Waals surface area (Å²) < 4.78 is 34.4. The highest BCUT2D eigenvalue weighted by Gasteiger charge is 2.20. The predicted octanol–water partition coefficient (Wildman–Crippen LogP) is 1.33. The van der Waals surface area contributed by atoms with E-state index in [0.717, 1.165) is 0 Å². The van der Waals surface area contributed by atoms with Crippen LogP contribution in [-0.2, 0) is 16.0 Å². The monoisotopic (exact) mass is 246 g/mol. The van der Waals surface area contributed by atoms with Gasteiger partial charge in [0, 0.05) is 6.07 Å². The molecule has 17 heavy (non-hydrogen) atoms. The quantitative estimate of drug-likeness (QED) is 0.811. The van der Waals surface area contributed by atoms with Crippen molar-refractivity contribution in [1.29, 1.82) is 0 Å². The number of rotatable bonds is 4.